The smallest absolute Gasteiger partial charge is 0.209 e. The van der Waals surface area contributed by atoms with Gasteiger partial charge in [0.25, 0.3) is 0 Å². The number of primary sulfonamides is 1. The van der Waals surface area contributed by atoms with E-state index in [1.807, 2.05) is 0 Å². The van der Waals surface area contributed by atoms with E-state index in [9.17, 15) is 8.42 Å². The lowest BCUT2D eigenvalue weighted by Gasteiger charge is -2.10. The molecule has 0 aliphatic rings. The highest BCUT2D eigenvalue weighted by molar-refractivity contribution is 7.89. The molecule has 0 amide bonds. The molecule has 1 aromatic heterocycles. The van der Waals surface area contributed by atoms with Crippen LogP contribution in [0.5, 0.6) is 0 Å². The van der Waals surface area contributed by atoms with E-state index in [2.05, 4.69) is 15.3 Å². The largest absolute Gasteiger partial charge is 0.383 e. The van der Waals surface area contributed by atoms with Crippen molar-refractivity contribution in [2.45, 2.75) is 20.3 Å². The minimum Gasteiger partial charge on any atom is -0.383 e. The van der Waals surface area contributed by atoms with Gasteiger partial charge in [-0.1, -0.05) is 0 Å². The average molecular weight is 259 g/mol. The normalized spacial score (nSPS) is 11.5. The van der Waals surface area contributed by atoms with Gasteiger partial charge in [0.2, 0.25) is 10.0 Å². The molecule has 0 aromatic carbocycles. The number of aromatic nitrogens is 2. The molecule has 1 rings (SSSR count). The molecule has 0 aliphatic heterocycles. The Hall–Kier alpha value is -1.41. The number of sulfonamides is 1. The lowest BCUT2D eigenvalue weighted by molar-refractivity contribution is 0.595. The first-order valence-corrected chi connectivity index (χ1v) is 6.86. The van der Waals surface area contributed by atoms with Gasteiger partial charge < -0.3 is 11.1 Å². The number of nitrogens with one attached hydrogen (secondary N) is 1. The van der Waals surface area contributed by atoms with Crippen LogP contribution in [0.4, 0.5) is 11.6 Å². The lowest BCUT2D eigenvalue weighted by atomic mass is 10.3. The number of nitrogen functional groups attached to an aromatic ring is 1. The zero-order valence-corrected chi connectivity index (χ0v) is 10.7. The summed E-state index contributed by atoms with van der Waals surface area (Å²) in [4.78, 5) is 8.20. The molecule has 0 aliphatic carbocycles. The maximum absolute atomic E-state index is 10.7. The van der Waals surface area contributed by atoms with E-state index in [4.69, 9.17) is 10.9 Å². The van der Waals surface area contributed by atoms with Crippen molar-refractivity contribution >= 4 is 21.7 Å². The number of hydrogen-bond donors (Lipinski definition) is 3. The topological polar surface area (TPSA) is 124 Å². The Morgan fingerprint density at radius 1 is 1.29 bits per heavy atom. The van der Waals surface area contributed by atoms with Crippen LogP contribution in [-0.4, -0.2) is 30.7 Å². The van der Waals surface area contributed by atoms with Crippen molar-refractivity contribution in [1.82, 2.24) is 9.97 Å². The number of anilines is 2. The van der Waals surface area contributed by atoms with Gasteiger partial charge in [-0.2, -0.15) is 0 Å². The molecule has 1 aromatic rings. The van der Waals surface area contributed by atoms with Gasteiger partial charge in [-0.25, -0.2) is 23.5 Å². The first-order valence-electron chi connectivity index (χ1n) is 5.14. The molecule has 0 saturated carbocycles. The predicted octanol–water partition coefficient (Wildman–Crippen LogP) is -0.234. The molecule has 96 valence electrons. The van der Waals surface area contributed by atoms with Crippen LogP contribution in [0.3, 0.4) is 0 Å². The number of aryl methyl sites for hydroxylation is 1. The fourth-order valence-corrected chi connectivity index (χ4v) is 1.85. The second-order valence-electron chi connectivity index (χ2n) is 3.78. The van der Waals surface area contributed by atoms with Crippen LogP contribution in [0.1, 0.15) is 17.8 Å². The first-order chi connectivity index (χ1) is 7.79. The minimum absolute atomic E-state index is 0.0569. The van der Waals surface area contributed by atoms with E-state index < -0.39 is 10.0 Å². The molecule has 7 nitrogen and oxygen atoms in total. The van der Waals surface area contributed by atoms with Crippen LogP contribution in [0.2, 0.25) is 0 Å². The molecule has 1 heterocycles. The van der Waals surface area contributed by atoms with Crippen LogP contribution in [0, 0.1) is 13.8 Å². The van der Waals surface area contributed by atoms with Crippen LogP contribution in [0.15, 0.2) is 0 Å². The molecule has 0 atom stereocenters. The van der Waals surface area contributed by atoms with Crippen molar-refractivity contribution in [1.29, 1.82) is 0 Å². The second kappa shape index (κ2) is 5.28. The van der Waals surface area contributed by atoms with Gasteiger partial charge in [0.1, 0.15) is 17.5 Å². The molecule has 0 radical (unpaired) electrons. The first kappa shape index (κ1) is 13.7. The third-order valence-corrected chi connectivity index (χ3v) is 3.05. The molecule has 0 unspecified atom stereocenters. The van der Waals surface area contributed by atoms with E-state index in [1.54, 1.807) is 13.8 Å². The molecule has 0 saturated heterocycles. The van der Waals surface area contributed by atoms with E-state index >= 15 is 0 Å². The highest BCUT2D eigenvalue weighted by Gasteiger charge is 2.07. The van der Waals surface area contributed by atoms with Crippen LogP contribution < -0.4 is 16.2 Å². The van der Waals surface area contributed by atoms with E-state index in [-0.39, 0.29) is 5.75 Å². The Morgan fingerprint density at radius 3 is 2.53 bits per heavy atom. The minimum atomic E-state index is -3.40. The molecule has 8 heteroatoms. The Balaban J connectivity index is 2.58. The summed E-state index contributed by atoms with van der Waals surface area (Å²) < 4.78 is 21.4. The highest BCUT2D eigenvalue weighted by Crippen LogP contribution is 2.16. The quantitative estimate of drug-likeness (QED) is 0.627. The fourth-order valence-electron chi connectivity index (χ4n) is 1.30. The molecular weight excluding hydrogens is 242 g/mol. The Bertz CT molecular complexity index is 500. The van der Waals surface area contributed by atoms with Gasteiger partial charge >= 0.3 is 0 Å². The summed E-state index contributed by atoms with van der Waals surface area (Å²) in [6.07, 6.45) is 0.418. The van der Waals surface area contributed by atoms with Gasteiger partial charge in [0.15, 0.2) is 0 Å². The molecule has 0 fully saturated rings. The van der Waals surface area contributed by atoms with Gasteiger partial charge in [0, 0.05) is 12.1 Å². The average Bonchev–Trinajstić information content (AvgIpc) is 2.18. The molecule has 0 bridgehead atoms. The Morgan fingerprint density at radius 2 is 1.94 bits per heavy atom. The third kappa shape index (κ3) is 4.53. The third-order valence-electron chi connectivity index (χ3n) is 2.19. The number of nitrogens with zero attached hydrogens (tertiary/aromatic N) is 2. The van der Waals surface area contributed by atoms with Gasteiger partial charge in [-0.15, -0.1) is 0 Å². The predicted molar refractivity (Wildman–Crippen MR) is 67.0 cm³/mol. The standard InChI is InChI=1S/C9H17N5O2S/c1-6-8(10)13-7(2)14-9(6)12-4-3-5-17(11,15)16/h3-5H2,1-2H3,(H2,11,15,16)(H3,10,12,13,14). The van der Waals surface area contributed by atoms with Gasteiger partial charge in [-0.05, 0) is 20.3 Å². The van der Waals surface area contributed by atoms with E-state index in [1.165, 1.54) is 0 Å². The summed E-state index contributed by atoms with van der Waals surface area (Å²) in [6, 6.07) is 0. The van der Waals surface area contributed by atoms with Crippen molar-refractivity contribution in [3.63, 3.8) is 0 Å². The monoisotopic (exact) mass is 259 g/mol. The zero-order valence-electron chi connectivity index (χ0n) is 9.90. The Kier molecular flexibility index (Phi) is 4.24. The molecule has 5 N–H and O–H groups in total. The van der Waals surface area contributed by atoms with Crippen molar-refractivity contribution in [2.24, 2.45) is 5.14 Å². The fraction of sp³-hybridized carbons (Fsp3) is 0.556. The second-order valence-corrected chi connectivity index (χ2v) is 5.51. The Labute approximate surface area is 101 Å². The molecule has 0 spiro atoms. The van der Waals surface area contributed by atoms with Gasteiger partial charge in [-0.3, -0.25) is 0 Å². The summed E-state index contributed by atoms with van der Waals surface area (Å²) in [5.74, 6) is 1.57. The SMILES string of the molecule is Cc1nc(N)c(C)c(NCCCS(N)(=O)=O)n1. The van der Waals surface area contributed by atoms with Crippen molar-refractivity contribution in [3.05, 3.63) is 11.4 Å². The van der Waals surface area contributed by atoms with Crippen LogP contribution >= 0.6 is 0 Å². The molecule has 17 heavy (non-hydrogen) atoms. The van der Waals surface area contributed by atoms with Crippen molar-refractivity contribution in [3.8, 4) is 0 Å². The lowest BCUT2D eigenvalue weighted by Crippen LogP contribution is -2.19. The maximum atomic E-state index is 10.7. The number of hydrogen-bond acceptors (Lipinski definition) is 6. The summed E-state index contributed by atoms with van der Waals surface area (Å²) in [7, 11) is -3.40. The van der Waals surface area contributed by atoms with Crippen molar-refractivity contribution in [2.75, 3.05) is 23.3 Å². The molecular formula is C9H17N5O2S. The number of rotatable bonds is 5. The zero-order chi connectivity index (χ0) is 13.1. The van der Waals surface area contributed by atoms with E-state index in [0.29, 0.717) is 30.4 Å². The van der Waals surface area contributed by atoms with Crippen molar-refractivity contribution < 1.29 is 8.42 Å². The number of nitrogens with two attached hydrogens (primary N) is 2. The van der Waals surface area contributed by atoms with Crippen LogP contribution in [-0.2, 0) is 10.0 Å². The summed E-state index contributed by atoms with van der Waals surface area (Å²) in [6.45, 7) is 4.01. The van der Waals surface area contributed by atoms with E-state index in [0.717, 1.165) is 5.56 Å². The van der Waals surface area contributed by atoms with Crippen LogP contribution in [0.25, 0.3) is 0 Å². The summed E-state index contributed by atoms with van der Waals surface area (Å²) in [5.41, 5.74) is 6.44. The highest BCUT2D eigenvalue weighted by atomic mass is 32.2. The summed E-state index contributed by atoms with van der Waals surface area (Å²) in [5, 5.41) is 7.91. The summed E-state index contributed by atoms with van der Waals surface area (Å²) >= 11 is 0. The van der Waals surface area contributed by atoms with Gasteiger partial charge in [0.05, 0.1) is 5.75 Å². The maximum Gasteiger partial charge on any atom is 0.209 e.